The molecule has 0 aliphatic carbocycles. The van der Waals surface area contributed by atoms with Crippen molar-refractivity contribution in [1.82, 2.24) is 24.6 Å². The highest BCUT2D eigenvalue weighted by molar-refractivity contribution is 6.42. The first-order valence-electron chi connectivity index (χ1n) is 10.7. The van der Waals surface area contributed by atoms with Gasteiger partial charge in [-0.3, -0.25) is 14.3 Å². The third-order valence-corrected chi connectivity index (χ3v) is 6.96. The van der Waals surface area contributed by atoms with Gasteiger partial charge in [-0.2, -0.15) is 18.3 Å². The van der Waals surface area contributed by atoms with E-state index in [0.717, 1.165) is 0 Å². The van der Waals surface area contributed by atoms with Gasteiger partial charge in [0.2, 0.25) is 5.76 Å². The van der Waals surface area contributed by atoms with E-state index in [9.17, 15) is 22.8 Å². The van der Waals surface area contributed by atoms with Gasteiger partial charge in [-0.15, -0.1) is 0 Å². The minimum atomic E-state index is -4.72. The number of amides is 2. The van der Waals surface area contributed by atoms with Crippen LogP contribution in [0, 0.1) is 0 Å². The normalized spacial score (nSPS) is 18.0. The number of fused-ring (bicyclic) bond motifs is 3. The highest BCUT2D eigenvalue weighted by Gasteiger charge is 2.41. The summed E-state index contributed by atoms with van der Waals surface area (Å²) in [6.45, 7) is 2.13. The lowest BCUT2D eigenvalue weighted by molar-refractivity contribution is -0.154. The molecule has 0 saturated heterocycles. The van der Waals surface area contributed by atoms with Crippen LogP contribution in [0.2, 0.25) is 10.0 Å². The third kappa shape index (κ3) is 4.16. The van der Waals surface area contributed by atoms with Gasteiger partial charge >= 0.3 is 6.18 Å². The number of hydrogen-bond donors (Lipinski definition) is 0. The second-order valence-corrected chi connectivity index (χ2v) is 9.28. The lowest BCUT2D eigenvalue weighted by Gasteiger charge is -2.34. The monoisotopic (exact) mass is 527 g/mol. The van der Waals surface area contributed by atoms with Gasteiger partial charge in [0.1, 0.15) is 11.4 Å². The van der Waals surface area contributed by atoms with Crippen LogP contribution in [0.15, 0.2) is 29.0 Å². The summed E-state index contributed by atoms with van der Waals surface area (Å²) in [5, 5.41) is 5.13. The number of carbonyl (C=O) groups is 2. The Morgan fingerprint density at radius 2 is 2.00 bits per heavy atom. The fourth-order valence-electron chi connectivity index (χ4n) is 4.47. The number of hydrogen-bond acceptors (Lipinski definition) is 5. The molecule has 0 N–H and O–H groups in total. The molecule has 0 unspecified atom stereocenters. The van der Waals surface area contributed by atoms with E-state index in [-0.39, 0.29) is 48.0 Å². The third-order valence-electron chi connectivity index (χ3n) is 6.22. The molecule has 13 heteroatoms. The van der Waals surface area contributed by atoms with Crippen molar-refractivity contribution in [2.75, 3.05) is 6.54 Å². The number of nitrogens with zero attached hydrogens (tertiary/aromatic N) is 5. The number of carbonyl (C=O) groups excluding carboxylic acids is 2. The minimum Gasteiger partial charge on any atom is -0.439 e. The summed E-state index contributed by atoms with van der Waals surface area (Å²) in [4.78, 5) is 33.1. The Labute approximate surface area is 207 Å². The van der Waals surface area contributed by atoms with Crippen LogP contribution in [0.5, 0.6) is 0 Å². The maximum Gasteiger partial charge on any atom is 0.451 e. The van der Waals surface area contributed by atoms with Gasteiger partial charge < -0.3 is 14.2 Å². The highest BCUT2D eigenvalue weighted by atomic mass is 35.5. The smallest absolute Gasteiger partial charge is 0.439 e. The molecule has 1 atom stereocenters. The first-order chi connectivity index (χ1) is 16.5. The predicted octanol–water partition coefficient (Wildman–Crippen LogP) is 4.44. The summed E-state index contributed by atoms with van der Waals surface area (Å²) in [5.41, 5.74) is 1.54. The summed E-state index contributed by atoms with van der Waals surface area (Å²) in [6, 6.07) is 4.41. The van der Waals surface area contributed by atoms with Crippen LogP contribution < -0.4 is 0 Å². The fraction of sp³-hybridized carbons (Fsp3) is 0.364. The number of halogens is 5. The van der Waals surface area contributed by atoms with Crippen LogP contribution >= 0.6 is 23.2 Å². The van der Waals surface area contributed by atoms with Crippen molar-refractivity contribution in [1.29, 1.82) is 0 Å². The first-order valence-corrected chi connectivity index (χ1v) is 11.4. The molecule has 4 heterocycles. The Morgan fingerprint density at radius 3 is 2.71 bits per heavy atom. The molecular weight excluding hydrogens is 510 g/mol. The molecule has 2 aliphatic rings. The topological polar surface area (TPSA) is 84.5 Å². The summed E-state index contributed by atoms with van der Waals surface area (Å²) < 4.78 is 45.6. The van der Waals surface area contributed by atoms with Gasteiger partial charge in [0.05, 0.1) is 35.4 Å². The van der Waals surface area contributed by atoms with Crippen molar-refractivity contribution in [2.45, 2.75) is 45.2 Å². The van der Waals surface area contributed by atoms with E-state index in [0.29, 0.717) is 41.2 Å². The minimum absolute atomic E-state index is 0.127. The van der Waals surface area contributed by atoms with Crippen LogP contribution in [0.4, 0.5) is 13.2 Å². The van der Waals surface area contributed by atoms with E-state index < -0.39 is 17.8 Å². The van der Waals surface area contributed by atoms with E-state index >= 15 is 0 Å². The first kappa shape index (κ1) is 23.7. The van der Waals surface area contributed by atoms with E-state index in [1.54, 1.807) is 21.7 Å². The van der Waals surface area contributed by atoms with Crippen LogP contribution in [-0.2, 0) is 32.2 Å². The molecular formula is C22H18Cl2F3N5O3. The molecule has 5 rings (SSSR count). The molecule has 0 saturated carbocycles. The van der Waals surface area contributed by atoms with Crippen molar-refractivity contribution in [3.05, 3.63) is 68.6 Å². The molecule has 2 aromatic heterocycles. The average molecular weight is 528 g/mol. The molecule has 35 heavy (non-hydrogen) atoms. The van der Waals surface area contributed by atoms with Crippen LogP contribution in [-0.4, -0.2) is 49.0 Å². The average Bonchev–Trinajstić information content (AvgIpc) is 3.41. The number of rotatable bonds is 3. The Hall–Kier alpha value is -3.05. The lowest BCUT2D eigenvalue weighted by atomic mass is 9.97. The van der Waals surface area contributed by atoms with Gasteiger partial charge in [-0.05, 0) is 25.1 Å². The van der Waals surface area contributed by atoms with Crippen LogP contribution in [0.1, 0.15) is 50.5 Å². The predicted molar refractivity (Wildman–Crippen MR) is 118 cm³/mol. The van der Waals surface area contributed by atoms with Crippen LogP contribution in [0.25, 0.3) is 0 Å². The van der Waals surface area contributed by atoms with Gasteiger partial charge in [0, 0.05) is 30.1 Å². The molecule has 0 spiro atoms. The zero-order valence-electron chi connectivity index (χ0n) is 18.3. The Kier molecular flexibility index (Phi) is 5.79. The Balaban J connectivity index is 1.42. The largest absolute Gasteiger partial charge is 0.451 e. The van der Waals surface area contributed by atoms with Gasteiger partial charge in [-0.25, -0.2) is 4.98 Å². The summed E-state index contributed by atoms with van der Waals surface area (Å²) in [6.07, 6.45) is -3.57. The second kappa shape index (κ2) is 8.56. The Bertz CT molecular complexity index is 1340. The molecule has 0 fully saturated rings. The number of alkyl halides is 3. The van der Waals surface area contributed by atoms with E-state index in [1.165, 1.54) is 11.0 Å². The van der Waals surface area contributed by atoms with Crippen molar-refractivity contribution in [2.24, 2.45) is 0 Å². The molecule has 184 valence electrons. The Morgan fingerprint density at radius 1 is 1.23 bits per heavy atom. The standard InChI is InChI=1S/C22H18Cl2F3N5O3/c1-11-6-16-13(8-31(11)20(33)12-2-3-14(23)15(24)7-12)18-21(34)30(4-5-32(18)29-16)9-17-19(22(25,26)27)35-10-28-17/h2-3,7,10-11H,4-6,8-9H2,1H3/t11-/m1/s1. The number of benzene rings is 1. The highest BCUT2D eigenvalue weighted by Crippen LogP contribution is 2.34. The molecule has 2 amide bonds. The quantitative estimate of drug-likeness (QED) is 0.502. The molecule has 1 aromatic carbocycles. The molecule has 0 bridgehead atoms. The van der Waals surface area contributed by atoms with Crippen molar-refractivity contribution in [3.63, 3.8) is 0 Å². The lowest BCUT2D eigenvalue weighted by Crippen LogP contribution is -2.44. The zero-order valence-corrected chi connectivity index (χ0v) is 19.8. The summed E-state index contributed by atoms with van der Waals surface area (Å²) >= 11 is 12.0. The molecule has 3 aromatic rings. The molecule has 8 nitrogen and oxygen atoms in total. The van der Waals surface area contributed by atoms with E-state index in [4.69, 9.17) is 23.2 Å². The van der Waals surface area contributed by atoms with Gasteiger partial charge in [0.25, 0.3) is 11.8 Å². The van der Waals surface area contributed by atoms with Crippen molar-refractivity contribution in [3.8, 4) is 0 Å². The van der Waals surface area contributed by atoms with Crippen molar-refractivity contribution >= 4 is 35.0 Å². The van der Waals surface area contributed by atoms with E-state index in [2.05, 4.69) is 14.5 Å². The number of oxazole rings is 1. The molecule has 0 radical (unpaired) electrons. The van der Waals surface area contributed by atoms with Crippen LogP contribution in [0.3, 0.4) is 0 Å². The maximum absolute atomic E-state index is 13.3. The maximum atomic E-state index is 13.3. The summed E-state index contributed by atoms with van der Waals surface area (Å²) in [5.74, 6) is -1.98. The fourth-order valence-corrected chi connectivity index (χ4v) is 4.77. The second-order valence-electron chi connectivity index (χ2n) is 8.46. The van der Waals surface area contributed by atoms with Gasteiger partial charge in [0.15, 0.2) is 6.39 Å². The SMILES string of the molecule is C[C@@H]1Cc2nn3c(c2CN1C(=O)c1ccc(Cl)c(Cl)c1)C(=O)N(Cc1ncoc1C(F)(F)F)CC3. The molecule has 2 aliphatic heterocycles. The zero-order chi connectivity index (χ0) is 25.1. The number of aromatic nitrogens is 3. The van der Waals surface area contributed by atoms with Gasteiger partial charge in [-0.1, -0.05) is 23.2 Å². The van der Waals surface area contributed by atoms with Crippen molar-refractivity contribution < 1.29 is 27.2 Å². The van der Waals surface area contributed by atoms with E-state index in [1.807, 2.05) is 6.92 Å². The summed E-state index contributed by atoms with van der Waals surface area (Å²) in [7, 11) is 0.